The molecule has 0 fully saturated rings. The second kappa shape index (κ2) is 13.9. The molecule has 0 aliphatic heterocycles. The second-order valence-corrected chi connectivity index (χ2v) is 18.8. The molecule has 2 heterocycles. The van der Waals surface area contributed by atoms with Crippen molar-refractivity contribution < 1.29 is 9.53 Å². The Labute approximate surface area is 267 Å². The van der Waals surface area contributed by atoms with Crippen molar-refractivity contribution in [2.45, 2.75) is 70.8 Å². The largest absolute Gasteiger partial charge is 0.361 e. The van der Waals surface area contributed by atoms with Gasteiger partial charge in [0.15, 0.2) is 0 Å². The Morgan fingerprint density at radius 1 is 0.978 bits per heavy atom. The lowest BCUT2D eigenvalue weighted by Gasteiger charge is -2.35. The topological polar surface area (TPSA) is 72.3 Å². The average Bonchev–Trinajstić information content (AvgIpc) is 3.39. The molecule has 7 nitrogen and oxygen atoms in total. The molecule has 1 N–H and O–H groups in total. The summed E-state index contributed by atoms with van der Waals surface area (Å²) in [4.78, 5) is 25.4. The third-order valence-electron chi connectivity index (χ3n) is 8.51. The summed E-state index contributed by atoms with van der Waals surface area (Å²) in [5.41, 5.74) is 7.10. The monoisotopic (exact) mass is 617 g/mol. The van der Waals surface area contributed by atoms with E-state index >= 15 is 0 Å². The van der Waals surface area contributed by atoms with Gasteiger partial charge >= 0.3 is 0 Å². The number of rotatable bonds is 12. The maximum absolute atomic E-state index is 12.9. The summed E-state index contributed by atoms with van der Waals surface area (Å²) >= 11 is 0. The van der Waals surface area contributed by atoms with E-state index in [1.54, 1.807) is 0 Å². The Hall–Kier alpha value is -4.11. The molecular formula is C37H43N5O2Si. The summed E-state index contributed by atoms with van der Waals surface area (Å²) in [5, 5.41) is 3.08. The molecule has 6 rings (SSSR count). The van der Waals surface area contributed by atoms with Gasteiger partial charge in [-0.3, -0.25) is 14.7 Å². The van der Waals surface area contributed by atoms with Gasteiger partial charge < -0.3 is 14.6 Å². The fourth-order valence-electron chi connectivity index (χ4n) is 6.10. The van der Waals surface area contributed by atoms with Gasteiger partial charge in [0, 0.05) is 38.7 Å². The Bertz CT molecular complexity index is 1750. The number of anilines is 1. The number of carbonyl (C=O) groups excluding carboxylic acids is 1. The highest BCUT2D eigenvalue weighted by Gasteiger charge is 2.29. The molecule has 0 radical (unpaired) electrons. The number of para-hydroxylation sites is 2. The molecule has 3 aromatic carbocycles. The van der Waals surface area contributed by atoms with Gasteiger partial charge in [-0.1, -0.05) is 68.2 Å². The van der Waals surface area contributed by atoms with E-state index in [0.29, 0.717) is 25.4 Å². The van der Waals surface area contributed by atoms with Gasteiger partial charge in [-0.2, -0.15) is 0 Å². The standard InChI is InChI=1S/C37H43N5O2Si/c1-45(2,3)23-22-44-27-42-33-19-8-7-18-32(33)40-35(42)26-41(34-20-10-15-29-16-11-21-38-36(29)34)25-28-12-9-17-31(24-28)39-37(43)30-13-5-4-6-14-30/h4-9,11-14,16-19,21,24,34H,10,15,20,22-23,25-27H2,1-3H3,(H,39,43). The highest BCUT2D eigenvalue weighted by molar-refractivity contribution is 6.76. The number of carbonyl (C=O) groups is 1. The molecule has 1 amide bonds. The molecule has 1 unspecified atom stereocenters. The van der Waals surface area contributed by atoms with Crippen LogP contribution in [0.2, 0.25) is 25.7 Å². The summed E-state index contributed by atoms with van der Waals surface area (Å²) in [6.07, 6.45) is 5.11. The van der Waals surface area contributed by atoms with Crippen LogP contribution in [0, 0.1) is 0 Å². The van der Waals surface area contributed by atoms with Crippen LogP contribution >= 0.6 is 0 Å². The van der Waals surface area contributed by atoms with Crippen LogP contribution in [-0.4, -0.2) is 40.0 Å². The third-order valence-corrected chi connectivity index (χ3v) is 10.2. The lowest BCUT2D eigenvalue weighted by atomic mass is 9.90. The Morgan fingerprint density at radius 3 is 2.64 bits per heavy atom. The first-order valence-electron chi connectivity index (χ1n) is 16.0. The molecule has 1 aliphatic rings. The van der Waals surface area contributed by atoms with Crippen LogP contribution in [0.5, 0.6) is 0 Å². The summed E-state index contributed by atoms with van der Waals surface area (Å²) in [6, 6.07) is 31.4. The van der Waals surface area contributed by atoms with E-state index < -0.39 is 8.07 Å². The van der Waals surface area contributed by atoms with Crippen molar-refractivity contribution in [2.24, 2.45) is 0 Å². The molecule has 8 heteroatoms. The number of ether oxygens (including phenoxy) is 1. The van der Waals surface area contributed by atoms with Crippen molar-refractivity contribution in [1.82, 2.24) is 19.4 Å². The number of hydrogen-bond donors (Lipinski definition) is 1. The van der Waals surface area contributed by atoms with Gasteiger partial charge in [-0.05, 0) is 78.9 Å². The third kappa shape index (κ3) is 7.76. The van der Waals surface area contributed by atoms with Crippen LogP contribution in [0.15, 0.2) is 97.2 Å². The lowest BCUT2D eigenvalue weighted by molar-refractivity contribution is 0.0824. The number of aromatic nitrogens is 3. The molecule has 1 atom stereocenters. The van der Waals surface area contributed by atoms with E-state index in [4.69, 9.17) is 14.7 Å². The zero-order valence-corrected chi connectivity index (χ0v) is 27.6. The first kappa shape index (κ1) is 30.9. The average molecular weight is 618 g/mol. The highest BCUT2D eigenvalue weighted by atomic mass is 28.3. The Kier molecular flexibility index (Phi) is 9.54. The first-order chi connectivity index (χ1) is 21.8. The molecule has 0 saturated carbocycles. The zero-order valence-electron chi connectivity index (χ0n) is 26.6. The van der Waals surface area contributed by atoms with Crippen LogP contribution < -0.4 is 5.32 Å². The number of nitrogens with one attached hydrogen (secondary N) is 1. The predicted octanol–water partition coefficient (Wildman–Crippen LogP) is 8.08. The van der Waals surface area contributed by atoms with Gasteiger partial charge in [0.1, 0.15) is 12.6 Å². The lowest BCUT2D eigenvalue weighted by Crippen LogP contribution is -2.32. The number of benzene rings is 3. The van der Waals surface area contributed by atoms with E-state index in [1.807, 2.05) is 60.8 Å². The van der Waals surface area contributed by atoms with Crippen LogP contribution in [0.1, 0.15) is 51.9 Å². The molecule has 232 valence electrons. The number of hydrogen-bond acceptors (Lipinski definition) is 5. The quantitative estimate of drug-likeness (QED) is 0.113. The van der Waals surface area contributed by atoms with Crippen LogP contribution in [0.3, 0.4) is 0 Å². The molecule has 5 aromatic rings. The Morgan fingerprint density at radius 2 is 1.80 bits per heavy atom. The highest BCUT2D eigenvalue weighted by Crippen LogP contribution is 2.35. The van der Waals surface area contributed by atoms with E-state index in [1.165, 1.54) is 5.56 Å². The molecule has 0 saturated heterocycles. The van der Waals surface area contributed by atoms with E-state index in [9.17, 15) is 4.79 Å². The molecular weight excluding hydrogens is 575 g/mol. The maximum Gasteiger partial charge on any atom is 0.255 e. The fourth-order valence-corrected chi connectivity index (χ4v) is 6.85. The number of imidazole rings is 1. The predicted molar refractivity (Wildman–Crippen MR) is 184 cm³/mol. The first-order valence-corrected chi connectivity index (χ1v) is 19.7. The van der Waals surface area contributed by atoms with Crippen LogP contribution in [-0.2, 0) is 31.0 Å². The summed E-state index contributed by atoms with van der Waals surface area (Å²) in [5.74, 6) is 0.874. The van der Waals surface area contributed by atoms with Crippen molar-refractivity contribution in [1.29, 1.82) is 0 Å². The van der Waals surface area contributed by atoms with Crippen LogP contribution in [0.25, 0.3) is 11.0 Å². The molecule has 2 aromatic heterocycles. The minimum Gasteiger partial charge on any atom is -0.361 e. The molecule has 1 aliphatic carbocycles. The van der Waals surface area contributed by atoms with Gasteiger partial charge in [-0.15, -0.1) is 0 Å². The zero-order chi connectivity index (χ0) is 31.2. The van der Waals surface area contributed by atoms with Gasteiger partial charge in [-0.25, -0.2) is 4.98 Å². The maximum atomic E-state index is 12.9. The van der Waals surface area contributed by atoms with E-state index in [0.717, 1.165) is 65.7 Å². The van der Waals surface area contributed by atoms with Crippen molar-refractivity contribution >= 4 is 30.7 Å². The van der Waals surface area contributed by atoms with Crippen LogP contribution in [0.4, 0.5) is 5.69 Å². The summed E-state index contributed by atoms with van der Waals surface area (Å²) in [6.45, 7) is 9.71. The van der Waals surface area contributed by atoms with E-state index in [-0.39, 0.29) is 11.9 Å². The van der Waals surface area contributed by atoms with Crippen molar-refractivity contribution in [3.63, 3.8) is 0 Å². The van der Waals surface area contributed by atoms with Crippen molar-refractivity contribution in [3.8, 4) is 0 Å². The summed E-state index contributed by atoms with van der Waals surface area (Å²) in [7, 11) is -1.20. The number of fused-ring (bicyclic) bond motifs is 2. The number of aryl methyl sites for hydroxylation is 1. The molecule has 45 heavy (non-hydrogen) atoms. The minimum atomic E-state index is -1.20. The number of amides is 1. The van der Waals surface area contributed by atoms with Crippen molar-refractivity contribution in [2.75, 3.05) is 11.9 Å². The number of pyridine rings is 1. The second-order valence-electron chi connectivity index (χ2n) is 13.2. The van der Waals surface area contributed by atoms with Gasteiger partial charge in [0.25, 0.3) is 5.91 Å². The molecule has 0 spiro atoms. The normalized spacial score (nSPS) is 14.9. The Balaban J connectivity index is 1.30. The smallest absolute Gasteiger partial charge is 0.255 e. The summed E-state index contributed by atoms with van der Waals surface area (Å²) < 4.78 is 8.52. The minimum absolute atomic E-state index is 0.113. The fraction of sp³-hybridized carbons (Fsp3) is 0.324. The van der Waals surface area contributed by atoms with Crippen molar-refractivity contribution in [3.05, 3.63) is 125 Å². The van der Waals surface area contributed by atoms with Gasteiger partial charge in [0.05, 0.1) is 29.3 Å². The molecule has 0 bridgehead atoms. The SMILES string of the molecule is C[Si](C)(C)CCOCn1c(CN(Cc2cccc(NC(=O)c3ccccc3)c2)C2CCCc3cccnc32)nc2ccccc21. The number of nitrogens with zero attached hydrogens (tertiary/aromatic N) is 4. The van der Waals surface area contributed by atoms with Gasteiger partial charge in [0.2, 0.25) is 0 Å². The van der Waals surface area contributed by atoms with E-state index in [2.05, 4.69) is 70.8 Å².